The molecular formula is C13H16O5. The Hall–Kier alpha value is -2.04. The lowest BCUT2D eigenvalue weighted by Crippen LogP contribution is -2.14. The number of hydrogen-bond acceptors (Lipinski definition) is 5. The van der Waals surface area contributed by atoms with Crippen molar-refractivity contribution >= 4 is 12.1 Å². The Labute approximate surface area is 106 Å². The number of hydrogen-bond donors (Lipinski definition) is 0. The van der Waals surface area contributed by atoms with Crippen LogP contribution in [0.1, 0.15) is 30.6 Å². The lowest BCUT2D eigenvalue weighted by Gasteiger charge is -2.09. The highest BCUT2D eigenvalue weighted by Gasteiger charge is 2.16. The van der Waals surface area contributed by atoms with Crippen molar-refractivity contribution in [3.8, 4) is 5.75 Å². The maximum atomic E-state index is 11.6. The van der Waals surface area contributed by atoms with Crippen molar-refractivity contribution in [3.05, 3.63) is 29.8 Å². The number of para-hydroxylation sites is 1. The molecule has 0 fully saturated rings. The van der Waals surface area contributed by atoms with Gasteiger partial charge in [0.25, 0.3) is 0 Å². The highest BCUT2D eigenvalue weighted by molar-refractivity contribution is 5.93. The molecule has 98 valence electrons. The van der Waals surface area contributed by atoms with Crippen molar-refractivity contribution in [2.75, 3.05) is 13.2 Å². The van der Waals surface area contributed by atoms with E-state index >= 15 is 0 Å². The van der Waals surface area contributed by atoms with Gasteiger partial charge in [-0.3, -0.25) is 0 Å². The first-order chi connectivity index (χ1) is 8.69. The lowest BCUT2D eigenvalue weighted by molar-refractivity contribution is 0.0520. The van der Waals surface area contributed by atoms with Crippen molar-refractivity contribution in [1.82, 2.24) is 0 Å². The molecule has 0 saturated carbocycles. The first-order valence-electron chi connectivity index (χ1n) is 5.79. The molecule has 0 heterocycles. The molecule has 1 aromatic rings. The van der Waals surface area contributed by atoms with Crippen LogP contribution in [0.25, 0.3) is 0 Å². The summed E-state index contributed by atoms with van der Waals surface area (Å²) >= 11 is 0. The molecule has 5 nitrogen and oxygen atoms in total. The van der Waals surface area contributed by atoms with E-state index in [-0.39, 0.29) is 24.5 Å². The second kappa shape index (κ2) is 7.32. The minimum Gasteiger partial charge on any atom is -0.462 e. The minimum absolute atomic E-state index is 0.136. The fourth-order valence-electron chi connectivity index (χ4n) is 1.24. The van der Waals surface area contributed by atoms with Crippen LogP contribution in [0, 0.1) is 0 Å². The van der Waals surface area contributed by atoms with Crippen molar-refractivity contribution in [2.45, 2.75) is 20.3 Å². The van der Waals surface area contributed by atoms with Crippen LogP contribution < -0.4 is 4.74 Å². The second-order valence-corrected chi connectivity index (χ2v) is 3.42. The average Bonchev–Trinajstić information content (AvgIpc) is 2.37. The summed E-state index contributed by atoms with van der Waals surface area (Å²) in [6, 6.07) is 6.36. The van der Waals surface area contributed by atoms with Crippen molar-refractivity contribution in [1.29, 1.82) is 0 Å². The van der Waals surface area contributed by atoms with Gasteiger partial charge in [-0.05, 0) is 25.5 Å². The molecule has 1 aromatic carbocycles. The molecular weight excluding hydrogens is 236 g/mol. The number of rotatable bonds is 5. The van der Waals surface area contributed by atoms with E-state index in [1.165, 1.54) is 12.1 Å². The molecule has 1 rings (SSSR count). The van der Waals surface area contributed by atoms with Crippen molar-refractivity contribution < 1.29 is 23.8 Å². The van der Waals surface area contributed by atoms with Gasteiger partial charge >= 0.3 is 12.1 Å². The van der Waals surface area contributed by atoms with Crippen LogP contribution in [-0.4, -0.2) is 25.3 Å². The van der Waals surface area contributed by atoms with Crippen LogP contribution in [0.15, 0.2) is 24.3 Å². The van der Waals surface area contributed by atoms with Crippen LogP contribution in [0.4, 0.5) is 4.79 Å². The summed E-state index contributed by atoms with van der Waals surface area (Å²) in [6.45, 7) is 4.12. The summed E-state index contributed by atoms with van der Waals surface area (Å²) in [5.74, 6) is -0.395. The molecule has 0 atom stereocenters. The number of carbonyl (C=O) groups is 2. The van der Waals surface area contributed by atoms with E-state index in [2.05, 4.69) is 0 Å². The van der Waals surface area contributed by atoms with Gasteiger partial charge in [0, 0.05) is 0 Å². The molecule has 0 aliphatic heterocycles. The van der Waals surface area contributed by atoms with Gasteiger partial charge in [0.1, 0.15) is 11.3 Å². The van der Waals surface area contributed by atoms with Crippen LogP contribution in [-0.2, 0) is 9.47 Å². The van der Waals surface area contributed by atoms with Crippen LogP contribution in [0.3, 0.4) is 0 Å². The molecule has 0 bridgehead atoms. The Morgan fingerprint density at radius 3 is 2.50 bits per heavy atom. The summed E-state index contributed by atoms with van der Waals surface area (Å²) in [5, 5.41) is 0. The highest BCUT2D eigenvalue weighted by Crippen LogP contribution is 2.19. The van der Waals surface area contributed by atoms with E-state index in [4.69, 9.17) is 14.2 Å². The quantitative estimate of drug-likeness (QED) is 0.595. The maximum absolute atomic E-state index is 11.6. The average molecular weight is 252 g/mol. The molecule has 0 amide bonds. The van der Waals surface area contributed by atoms with E-state index in [0.717, 1.165) is 0 Å². The predicted molar refractivity (Wildman–Crippen MR) is 64.7 cm³/mol. The number of ether oxygens (including phenoxy) is 3. The van der Waals surface area contributed by atoms with Crippen LogP contribution in [0.2, 0.25) is 0 Å². The Morgan fingerprint density at radius 1 is 1.11 bits per heavy atom. The van der Waals surface area contributed by atoms with Gasteiger partial charge in [-0.25, -0.2) is 9.59 Å². The zero-order chi connectivity index (χ0) is 13.4. The van der Waals surface area contributed by atoms with Gasteiger partial charge in [0.2, 0.25) is 0 Å². The van der Waals surface area contributed by atoms with Gasteiger partial charge < -0.3 is 14.2 Å². The van der Waals surface area contributed by atoms with Gasteiger partial charge in [0.05, 0.1) is 13.2 Å². The summed E-state index contributed by atoms with van der Waals surface area (Å²) in [6.07, 6.45) is -0.122. The van der Waals surface area contributed by atoms with Crippen LogP contribution >= 0.6 is 0 Å². The number of benzene rings is 1. The third-order valence-corrected chi connectivity index (χ3v) is 2.00. The van der Waals surface area contributed by atoms with Gasteiger partial charge in [-0.2, -0.15) is 0 Å². The first-order valence-corrected chi connectivity index (χ1v) is 5.79. The number of esters is 1. The predicted octanol–water partition coefficient (Wildman–Crippen LogP) is 2.79. The lowest BCUT2D eigenvalue weighted by atomic mass is 10.2. The largest absolute Gasteiger partial charge is 0.513 e. The molecule has 0 saturated heterocycles. The molecule has 0 aliphatic carbocycles. The van der Waals surface area contributed by atoms with E-state index in [0.29, 0.717) is 6.42 Å². The molecule has 5 heteroatoms. The molecule has 0 aromatic heterocycles. The molecule has 18 heavy (non-hydrogen) atoms. The second-order valence-electron chi connectivity index (χ2n) is 3.42. The molecule has 0 unspecified atom stereocenters. The Bertz CT molecular complexity index is 414. The summed E-state index contributed by atoms with van der Waals surface area (Å²) < 4.78 is 14.6. The Kier molecular flexibility index (Phi) is 5.70. The SMILES string of the molecule is CCCOC(=O)Oc1ccccc1C(=O)OCC. The summed E-state index contributed by atoms with van der Waals surface area (Å²) in [7, 11) is 0. The highest BCUT2D eigenvalue weighted by atomic mass is 16.7. The van der Waals surface area contributed by atoms with Crippen molar-refractivity contribution in [3.63, 3.8) is 0 Å². The molecule has 0 spiro atoms. The third kappa shape index (κ3) is 4.08. The van der Waals surface area contributed by atoms with Gasteiger partial charge in [-0.1, -0.05) is 19.1 Å². The van der Waals surface area contributed by atoms with Crippen LogP contribution in [0.5, 0.6) is 5.75 Å². The maximum Gasteiger partial charge on any atom is 0.513 e. The summed E-state index contributed by atoms with van der Waals surface area (Å²) in [4.78, 5) is 22.9. The molecule has 0 aliphatic rings. The fraction of sp³-hybridized carbons (Fsp3) is 0.385. The van der Waals surface area contributed by atoms with Gasteiger partial charge in [-0.15, -0.1) is 0 Å². The molecule has 0 radical (unpaired) electrons. The zero-order valence-electron chi connectivity index (χ0n) is 10.5. The minimum atomic E-state index is -0.825. The molecule has 0 N–H and O–H groups in total. The smallest absolute Gasteiger partial charge is 0.462 e. The third-order valence-electron chi connectivity index (χ3n) is 2.00. The fourth-order valence-corrected chi connectivity index (χ4v) is 1.24. The van der Waals surface area contributed by atoms with E-state index < -0.39 is 12.1 Å². The Morgan fingerprint density at radius 2 is 1.83 bits per heavy atom. The van der Waals surface area contributed by atoms with E-state index in [1.54, 1.807) is 19.1 Å². The normalized spacial score (nSPS) is 9.67. The topological polar surface area (TPSA) is 61.8 Å². The number of carbonyl (C=O) groups excluding carboxylic acids is 2. The first kappa shape index (κ1) is 14.0. The Balaban J connectivity index is 2.76. The van der Waals surface area contributed by atoms with E-state index in [1.807, 2.05) is 6.92 Å². The van der Waals surface area contributed by atoms with E-state index in [9.17, 15) is 9.59 Å². The standard InChI is InChI=1S/C13H16O5/c1-3-9-17-13(15)18-11-8-6-5-7-10(11)12(14)16-4-2/h5-8H,3-4,9H2,1-2H3. The summed E-state index contributed by atoms with van der Waals surface area (Å²) in [5.41, 5.74) is 0.202. The van der Waals surface area contributed by atoms with Crippen molar-refractivity contribution in [2.24, 2.45) is 0 Å². The zero-order valence-corrected chi connectivity index (χ0v) is 10.5. The monoisotopic (exact) mass is 252 g/mol. The van der Waals surface area contributed by atoms with Gasteiger partial charge in [0.15, 0.2) is 0 Å².